The van der Waals surface area contributed by atoms with E-state index in [1.165, 1.54) is 5.56 Å². The predicted molar refractivity (Wildman–Crippen MR) is 121 cm³/mol. The minimum Gasteiger partial charge on any atom is -0.399 e. The van der Waals surface area contributed by atoms with E-state index >= 15 is 0 Å². The van der Waals surface area contributed by atoms with Gasteiger partial charge in [-0.15, -0.1) is 0 Å². The van der Waals surface area contributed by atoms with Gasteiger partial charge in [0.05, 0.1) is 0 Å². The largest absolute Gasteiger partial charge is 0.399 e. The lowest BCUT2D eigenvalue weighted by Crippen LogP contribution is -1.92. The highest BCUT2D eigenvalue weighted by Crippen LogP contribution is 2.34. The first kappa shape index (κ1) is 17.7. The minimum atomic E-state index is 0.726. The number of anilines is 3. The zero-order chi connectivity index (χ0) is 19.7. The number of aryl methyl sites for hydroxylation is 1. The van der Waals surface area contributed by atoms with Crippen LogP contribution in [0.5, 0.6) is 0 Å². The third-order valence-corrected chi connectivity index (χ3v) is 4.94. The molecule has 0 radical (unpaired) electrons. The van der Waals surface area contributed by atoms with Crippen molar-refractivity contribution in [3.8, 4) is 33.4 Å². The molecule has 0 heterocycles. The molecule has 0 aliphatic carbocycles. The fourth-order valence-corrected chi connectivity index (χ4v) is 3.52. The fraction of sp³-hybridized carbons (Fsp3) is 0.0400. The van der Waals surface area contributed by atoms with Crippen LogP contribution in [0.15, 0.2) is 84.9 Å². The van der Waals surface area contributed by atoms with E-state index in [-0.39, 0.29) is 0 Å². The van der Waals surface area contributed by atoms with Crippen LogP contribution in [-0.2, 0) is 0 Å². The lowest BCUT2D eigenvalue weighted by Gasteiger charge is -2.13. The Hall–Kier alpha value is -3.72. The van der Waals surface area contributed by atoms with Crippen LogP contribution >= 0.6 is 0 Å². The Morgan fingerprint density at radius 1 is 0.464 bits per heavy atom. The van der Waals surface area contributed by atoms with Gasteiger partial charge in [-0.25, -0.2) is 0 Å². The van der Waals surface area contributed by atoms with Gasteiger partial charge in [0.2, 0.25) is 0 Å². The summed E-state index contributed by atoms with van der Waals surface area (Å²) in [5.41, 5.74) is 28.1. The summed E-state index contributed by atoms with van der Waals surface area (Å²) in [5.74, 6) is 0. The molecule has 4 rings (SSSR count). The molecule has 0 bridgehead atoms. The summed E-state index contributed by atoms with van der Waals surface area (Å²) < 4.78 is 0. The summed E-state index contributed by atoms with van der Waals surface area (Å²) in [7, 11) is 0. The summed E-state index contributed by atoms with van der Waals surface area (Å²) in [5, 5.41) is 0. The van der Waals surface area contributed by atoms with E-state index in [0.717, 1.165) is 50.4 Å². The van der Waals surface area contributed by atoms with Crippen LogP contribution < -0.4 is 17.2 Å². The van der Waals surface area contributed by atoms with Crippen molar-refractivity contribution in [2.45, 2.75) is 6.92 Å². The number of nitrogens with two attached hydrogens (primary N) is 3. The Balaban J connectivity index is 1.84. The molecule has 0 unspecified atom stereocenters. The molecule has 138 valence electrons. The van der Waals surface area contributed by atoms with E-state index in [0.29, 0.717) is 0 Å². The molecule has 0 aliphatic rings. The molecule has 0 aliphatic heterocycles. The summed E-state index contributed by atoms with van der Waals surface area (Å²) >= 11 is 0. The molecule has 3 heteroatoms. The molecule has 0 spiro atoms. The Morgan fingerprint density at radius 3 is 1.64 bits per heavy atom. The molecule has 0 fully saturated rings. The lowest BCUT2D eigenvalue weighted by molar-refractivity contribution is 1.45. The highest BCUT2D eigenvalue weighted by Gasteiger charge is 2.09. The summed E-state index contributed by atoms with van der Waals surface area (Å²) in [6.45, 7) is 2.11. The van der Waals surface area contributed by atoms with E-state index in [4.69, 9.17) is 17.2 Å². The number of benzene rings is 4. The Kier molecular flexibility index (Phi) is 4.50. The van der Waals surface area contributed by atoms with E-state index in [2.05, 4.69) is 37.3 Å². The Morgan fingerprint density at radius 2 is 1.00 bits per heavy atom. The number of hydrogen-bond acceptors (Lipinski definition) is 3. The van der Waals surface area contributed by atoms with Crippen molar-refractivity contribution in [2.75, 3.05) is 17.2 Å². The van der Waals surface area contributed by atoms with Crippen molar-refractivity contribution in [1.82, 2.24) is 0 Å². The molecule has 28 heavy (non-hydrogen) atoms. The topological polar surface area (TPSA) is 78.1 Å². The molecule has 3 nitrogen and oxygen atoms in total. The first-order chi connectivity index (χ1) is 13.5. The SMILES string of the molecule is Cc1ccc(-c2cccc(N)c2)cc1-c1cc(N)cc(-c2cccc(N)c2)c1. The van der Waals surface area contributed by atoms with Crippen LogP contribution in [-0.4, -0.2) is 0 Å². The lowest BCUT2D eigenvalue weighted by atomic mass is 9.92. The van der Waals surface area contributed by atoms with Crippen LogP contribution in [0.4, 0.5) is 17.1 Å². The average molecular weight is 365 g/mol. The quantitative estimate of drug-likeness (QED) is 0.405. The predicted octanol–water partition coefficient (Wildman–Crippen LogP) is 5.74. The highest BCUT2D eigenvalue weighted by molar-refractivity contribution is 5.82. The second-order valence-corrected chi connectivity index (χ2v) is 7.12. The van der Waals surface area contributed by atoms with Gasteiger partial charge >= 0.3 is 0 Å². The van der Waals surface area contributed by atoms with Crippen molar-refractivity contribution in [3.05, 3.63) is 90.5 Å². The monoisotopic (exact) mass is 365 g/mol. The highest BCUT2D eigenvalue weighted by atomic mass is 14.6. The number of rotatable bonds is 3. The molecule has 0 amide bonds. The van der Waals surface area contributed by atoms with Crippen LogP contribution in [0.25, 0.3) is 33.4 Å². The van der Waals surface area contributed by atoms with Crippen LogP contribution in [0, 0.1) is 6.92 Å². The normalized spacial score (nSPS) is 10.8. The minimum absolute atomic E-state index is 0.726. The fourth-order valence-electron chi connectivity index (χ4n) is 3.52. The molecular weight excluding hydrogens is 342 g/mol. The molecule has 0 aromatic heterocycles. The number of hydrogen-bond donors (Lipinski definition) is 3. The van der Waals surface area contributed by atoms with E-state index in [9.17, 15) is 0 Å². The maximum absolute atomic E-state index is 6.24. The van der Waals surface area contributed by atoms with Crippen LogP contribution in [0.1, 0.15) is 5.56 Å². The maximum atomic E-state index is 6.24. The average Bonchev–Trinajstić information content (AvgIpc) is 2.68. The third kappa shape index (κ3) is 3.55. The van der Waals surface area contributed by atoms with Gasteiger partial charge in [-0.05, 0) is 94.4 Å². The molecular formula is C25H23N3. The van der Waals surface area contributed by atoms with Gasteiger partial charge in [0, 0.05) is 17.1 Å². The second kappa shape index (κ2) is 7.12. The third-order valence-electron chi connectivity index (χ3n) is 4.94. The van der Waals surface area contributed by atoms with E-state index in [1.54, 1.807) is 0 Å². The Labute approximate surface area is 165 Å². The van der Waals surface area contributed by atoms with Gasteiger partial charge < -0.3 is 17.2 Å². The van der Waals surface area contributed by atoms with Gasteiger partial charge in [0.1, 0.15) is 0 Å². The van der Waals surface area contributed by atoms with Gasteiger partial charge in [-0.3, -0.25) is 0 Å². The van der Waals surface area contributed by atoms with Crippen molar-refractivity contribution >= 4 is 17.1 Å². The van der Waals surface area contributed by atoms with Gasteiger partial charge in [0.15, 0.2) is 0 Å². The zero-order valence-corrected chi connectivity index (χ0v) is 15.8. The Bertz CT molecular complexity index is 1160. The summed E-state index contributed by atoms with van der Waals surface area (Å²) in [4.78, 5) is 0. The first-order valence-electron chi connectivity index (χ1n) is 9.23. The first-order valence-corrected chi connectivity index (χ1v) is 9.23. The summed E-state index contributed by atoms with van der Waals surface area (Å²) in [6.07, 6.45) is 0. The number of nitrogen functional groups attached to an aromatic ring is 3. The van der Waals surface area contributed by atoms with Crippen molar-refractivity contribution in [1.29, 1.82) is 0 Å². The standard InChI is InChI=1S/C25H23N3/c1-16-8-9-19(17-4-2-6-22(26)11-17)15-25(16)21-10-20(13-24(28)14-21)18-5-3-7-23(27)12-18/h2-15H,26-28H2,1H3. The molecule has 4 aromatic carbocycles. The molecule has 0 saturated heterocycles. The second-order valence-electron chi connectivity index (χ2n) is 7.12. The van der Waals surface area contributed by atoms with Crippen molar-refractivity contribution in [2.24, 2.45) is 0 Å². The van der Waals surface area contributed by atoms with Crippen LogP contribution in [0.2, 0.25) is 0 Å². The van der Waals surface area contributed by atoms with Gasteiger partial charge in [-0.2, -0.15) is 0 Å². The van der Waals surface area contributed by atoms with E-state index < -0.39 is 0 Å². The molecule has 0 atom stereocenters. The van der Waals surface area contributed by atoms with E-state index in [1.807, 2.05) is 54.6 Å². The van der Waals surface area contributed by atoms with Gasteiger partial charge in [-0.1, -0.05) is 36.4 Å². The van der Waals surface area contributed by atoms with Gasteiger partial charge in [0.25, 0.3) is 0 Å². The van der Waals surface area contributed by atoms with Crippen molar-refractivity contribution in [3.63, 3.8) is 0 Å². The maximum Gasteiger partial charge on any atom is 0.0326 e. The van der Waals surface area contributed by atoms with Crippen LogP contribution in [0.3, 0.4) is 0 Å². The van der Waals surface area contributed by atoms with Crippen molar-refractivity contribution < 1.29 is 0 Å². The molecule has 4 aromatic rings. The molecule has 0 saturated carbocycles. The zero-order valence-electron chi connectivity index (χ0n) is 15.8. The molecule has 6 N–H and O–H groups in total. The smallest absolute Gasteiger partial charge is 0.0326 e. The summed E-state index contributed by atoms with van der Waals surface area (Å²) in [6, 6.07) is 28.4.